The van der Waals surface area contributed by atoms with E-state index in [4.69, 9.17) is 23.2 Å². The molecule has 0 radical (unpaired) electrons. The molecule has 2 fully saturated rings. The fraction of sp³-hybridized carbons (Fsp3) is 0.593. The van der Waals surface area contributed by atoms with Crippen molar-refractivity contribution in [3.8, 4) is 0 Å². The molecule has 0 bridgehead atoms. The number of halogens is 3. The van der Waals surface area contributed by atoms with Crippen molar-refractivity contribution in [3.63, 3.8) is 0 Å². The van der Waals surface area contributed by atoms with Gasteiger partial charge in [0.25, 0.3) is 0 Å². The highest BCUT2D eigenvalue weighted by Gasteiger charge is 2.33. The highest BCUT2D eigenvalue weighted by molar-refractivity contribution is 6.31. The molecule has 2 amide bonds. The van der Waals surface area contributed by atoms with Gasteiger partial charge >= 0.3 is 6.03 Å². The summed E-state index contributed by atoms with van der Waals surface area (Å²) in [5.74, 6) is 0.881. The molecular formula is C27H38Cl2FN7O. The highest BCUT2D eigenvalue weighted by atomic mass is 35.5. The predicted molar refractivity (Wildman–Crippen MR) is 152 cm³/mol. The van der Waals surface area contributed by atoms with E-state index in [0.29, 0.717) is 52.7 Å². The molecule has 2 N–H and O–H groups in total. The molecule has 208 valence electrons. The van der Waals surface area contributed by atoms with Crippen LogP contribution < -0.4 is 15.5 Å². The third kappa shape index (κ3) is 6.50. The fourth-order valence-corrected chi connectivity index (χ4v) is 6.19. The number of nitrogens with one attached hydrogen (secondary N) is 2. The van der Waals surface area contributed by atoms with Crippen molar-refractivity contribution in [2.75, 3.05) is 42.9 Å². The van der Waals surface area contributed by atoms with Crippen LogP contribution in [0.2, 0.25) is 10.2 Å². The summed E-state index contributed by atoms with van der Waals surface area (Å²) < 4.78 is 14.5. The molecule has 0 saturated carbocycles. The highest BCUT2D eigenvalue weighted by Crippen LogP contribution is 2.30. The van der Waals surface area contributed by atoms with Crippen molar-refractivity contribution in [2.45, 2.75) is 72.1 Å². The molecule has 11 heteroatoms. The van der Waals surface area contributed by atoms with Gasteiger partial charge in [-0.15, -0.1) is 0 Å². The molecule has 8 nitrogen and oxygen atoms in total. The van der Waals surface area contributed by atoms with Gasteiger partial charge in [0.2, 0.25) is 0 Å². The Morgan fingerprint density at radius 3 is 2.63 bits per heavy atom. The molecule has 1 aromatic carbocycles. The van der Waals surface area contributed by atoms with E-state index in [-0.39, 0.29) is 11.8 Å². The number of likely N-dealkylation sites (tertiary alicyclic amines) is 1. The van der Waals surface area contributed by atoms with E-state index >= 15 is 0 Å². The molecular weight excluding hydrogens is 528 g/mol. The van der Waals surface area contributed by atoms with E-state index < -0.39 is 0 Å². The summed E-state index contributed by atoms with van der Waals surface area (Å²) in [5, 5.41) is 6.22. The average Bonchev–Trinajstić information content (AvgIpc) is 3.12. The zero-order valence-electron chi connectivity index (χ0n) is 22.7. The number of benzene rings is 1. The van der Waals surface area contributed by atoms with Crippen LogP contribution in [0.15, 0.2) is 12.1 Å². The van der Waals surface area contributed by atoms with E-state index in [1.165, 1.54) is 6.07 Å². The third-order valence-electron chi connectivity index (χ3n) is 7.56. The number of fused-ring (bicyclic) bond motifs is 1. The zero-order chi connectivity index (χ0) is 27.4. The molecule has 2 saturated heterocycles. The van der Waals surface area contributed by atoms with E-state index in [9.17, 15) is 9.18 Å². The monoisotopic (exact) mass is 565 g/mol. The summed E-state index contributed by atoms with van der Waals surface area (Å²) in [4.78, 5) is 27.9. The van der Waals surface area contributed by atoms with Crippen LogP contribution in [0.3, 0.4) is 0 Å². The van der Waals surface area contributed by atoms with Crippen LogP contribution in [0.5, 0.6) is 0 Å². The number of urea groups is 1. The summed E-state index contributed by atoms with van der Waals surface area (Å²) in [6.07, 6.45) is 3.26. The van der Waals surface area contributed by atoms with Crippen LogP contribution in [0.1, 0.15) is 56.9 Å². The van der Waals surface area contributed by atoms with Gasteiger partial charge in [-0.05, 0) is 63.9 Å². The second kappa shape index (κ2) is 12.8. The quantitative estimate of drug-likeness (QED) is 0.512. The normalized spacial score (nSPS) is 22.5. The van der Waals surface area contributed by atoms with E-state index in [1.54, 1.807) is 0 Å². The van der Waals surface area contributed by atoms with Gasteiger partial charge in [0.15, 0.2) is 16.8 Å². The van der Waals surface area contributed by atoms with Gasteiger partial charge in [0, 0.05) is 48.8 Å². The van der Waals surface area contributed by atoms with Crippen LogP contribution in [-0.4, -0.2) is 70.6 Å². The number of carbonyl (C=O) groups excluding carboxylic acids is 1. The van der Waals surface area contributed by atoms with Gasteiger partial charge < -0.3 is 10.2 Å². The van der Waals surface area contributed by atoms with Gasteiger partial charge in [-0.1, -0.05) is 37.0 Å². The molecule has 38 heavy (non-hydrogen) atoms. The lowest BCUT2D eigenvalue weighted by Crippen LogP contribution is -2.56. The molecule has 1 aromatic heterocycles. The fourth-order valence-electron chi connectivity index (χ4n) is 5.67. The largest absolute Gasteiger partial charge is 0.351 e. The third-order valence-corrected chi connectivity index (χ3v) is 8.03. The molecule has 4 heterocycles. The predicted octanol–water partition coefficient (Wildman–Crippen LogP) is 5.46. The molecule has 3 aliphatic rings. The van der Waals surface area contributed by atoms with Crippen molar-refractivity contribution in [2.24, 2.45) is 0 Å². The first-order valence-electron chi connectivity index (χ1n) is 13.6. The minimum absolute atomic E-state index is 0.217. The van der Waals surface area contributed by atoms with Crippen molar-refractivity contribution in [1.29, 1.82) is 0 Å². The molecule has 2 unspecified atom stereocenters. The summed E-state index contributed by atoms with van der Waals surface area (Å²) in [7, 11) is 0. The summed E-state index contributed by atoms with van der Waals surface area (Å²) >= 11 is 12.5. The Labute approximate surface area is 234 Å². The lowest BCUT2D eigenvalue weighted by atomic mass is 10.0. The minimum Gasteiger partial charge on any atom is -0.351 e. The number of rotatable bonds is 4. The van der Waals surface area contributed by atoms with Crippen molar-refractivity contribution >= 4 is 40.9 Å². The first-order chi connectivity index (χ1) is 18.3. The Morgan fingerprint density at radius 2 is 1.89 bits per heavy atom. The SMILES string of the molecule is CC.Cc1cc(Cl)cc(F)c1CN1CCCC(N2CCN(c3nc4c(nc3Cl)CNC(=O)N4)CC2C)CC1. The molecule has 2 aromatic rings. The van der Waals surface area contributed by atoms with Crippen molar-refractivity contribution in [3.05, 3.63) is 44.9 Å². The molecule has 3 aliphatic heterocycles. The summed E-state index contributed by atoms with van der Waals surface area (Å²) in [6.45, 7) is 13.5. The van der Waals surface area contributed by atoms with E-state index in [1.807, 2.05) is 26.8 Å². The Hall–Kier alpha value is -2.20. The number of aryl methyl sites for hydroxylation is 1. The standard InChI is InChI=1S/C25H32Cl2FN7O.C2H6/c1-15-10-17(26)11-20(28)19(15)14-33-6-3-4-18(5-7-33)35-9-8-34(13-16(35)2)24-22(27)30-21-12-29-25(36)32-23(21)31-24;1-2/h10-11,16,18H,3-9,12-14H2,1-2H3,(H2,29,31,32,36);1-2H3. The Bertz CT molecular complexity index is 1130. The average molecular weight is 567 g/mol. The maximum Gasteiger partial charge on any atom is 0.320 e. The Kier molecular flexibility index (Phi) is 9.68. The molecule has 0 aliphatic carbocycles. The second-order valence-corrected chi connectivity index (χ2v) is 10.8. The lowest BCUT2D eigenvalue weighted by molar-refractivity contribution is 0.115. The van der Waals surface area contributed by atoms with Gasteiger partial charge in [-0.3, -0.25) is 15.1 Å². The van der Waals surface area contributed by atoms with Crippen LogP contribution >= 0.6 is 23.2 Å². The van der Waals surface area contributed by atoms with Crippen LogP contribution in [0, 0.1) is 12.7 Å². The molecule has 2 atom stereocenters. The number of carbonyl (C=O) groups is 1. The minimum atomic E-state index is -0.278. The number of piperazine rings is 1. The maximum absolute atomic E-state index is 14.5. The summed E-state index contributed by atoms with van der Waals surface area (Å²) in [6, 6.07) is 3.77. The van der Waals surface area contributed by atoms with Crippen LogP contribution in [-0.2, 0) is 13.1 Å². The maximum atomic E-state index is 14.5. The number of hydrogen-bond acceptors (Lipinski definition) is 6. The topological polar surface area (TPSA) is 76.6 Å². The number of aromatic nitrogens is 2. The number of hydrogen-bond donors (Lipinski definition) is 2. The lowest BCUT2D eigenvalue weighted by Gasteiger charge is -2.44. The first-order valence-corrected chi connectivity index (χ1v) is 14.3. The Morgan fingerprint density at radius 1 is 1.11 bits per heavy atom. The van der Waals surface area contributed by atoms with Crippen LogP contribution in [0.4, 0.5) is 20.8 Å². The molecule has 0 spiro atoms. The number of amides is 2. The van der Waals surface area contributed by atoms with E-state index in [2.05, 4.69) is 42.2 Å². The molecule has 5 rings (SSSR count). The zero-order valence-corrected chi connectivity index (χ0v) is 24.2. The van der Waals surface area contributed by atoms with Crippen LogP contribution in [0.25, 0.3) is 0 Å². The first kappa shape index (κ1) is 28.8. The smallest absolute Gasteiger partial charge is 0.320 e. The summed E-state index contributed by atoms with van der Waals surface area (Å²) in [5.41, 5.74) is 2.30. The number of nitrogens with zero attached hydrogens (tertiary/aromatic N) is 5. The van der Waals surface area contributed by atoms with Crippen molar-refractivity contribution < 1.29 is 9.18 Å². The number of anilines is 2. The van der Waals surface area contributed by atoms with Gasteiger partial charge in [0.05, 0.1) is 6.54 Å². The van der Waals surface area contributed by atoms with Gasteiger partial charge in [-0.2, -0.15) is 0 Å². The Balaban J connectivity index is 0.00000164. The van der Waals surface area contributed by atoms with Gasteiger partial charge in [-0.25, -0.2) is 19.2 Å². The van der Waals surface area contributed by atoms with Gasteiger partial charge in [0.1, 0.15) is 11.5 Å². The van der Waals surface area contributed by atoms with E-state index in [0.717, 1.165) is 63.1 Å². The second-order valence-electron chi connectivity index (χ2n) is 10.0. The van der Waals surface area contributed by atoms with Crippen molar-refractivity contribution in [1.82, 2.24) is 25.1 Å².